The minimum atomic E-state index is -0.719. The zero-order valence-corrected chi connectivity index (χ0v) is 14.6. The van der Waals surface area contributed by atoms with E-state index in [0.29, 0.717) is 4.48 Å². The summed E-state index contributed by atoms with van der Waals surface area (Å²) in [5.41, 5.74) is 0. The third-order valence-electron chi connectivity index (χ3n) is 4.85. The van der Waals surface area contributed by atoms with Crippen LogP contribution in [0.5, 0.6) is 0 Å². The Hall–Kier alpha value is -1.16. The van der Waals surface area contributed by atoms with E-state index in [4.69, 9.17) is 0 Å². The Morgan fingerprint density at radius 1 is 1.14 bits per heavy atom. The van der Waals surface area contributed by atoms with Gasteiger partial charge < -0.3 is 5.11 Å². The Morgan fingerprint density at radius 3 is 2.14 bits per heavy atom. The Morgan fingerprint density at radius 2 is 1.68 bits per heavy atom. The lowest BCUT2D eigenvalue weighted by Gasteiger charge is -2.32. The van der Waals surface area contributed by atoms with Crippen molar-refractivity contribution in [1.82, 2.24) is 0 Å². The zero-order chi connectivity index (χ0) is 16.4. The highest BCUT2D eigenvalue weighted by Gasteiger charge is 2.41. The van der Waals surface area contributed by atoms with Crippen molar-refractivity contribution in [3.05, 3.63) is 12.4 Å². The minimum Gasteiger partial charge on any atom is -0.477 e. The largest absolute Gasteiger partial charge is 0.477 e. The van der Waals surface area contributed by atoms with Gasteiger partial charge in [0.05, 0.1) is 13.2 Å². The summed E-state index contributed by atoms with van der Waals surface area (Å²) in [5, 5.41) is 9.54. The average molecular weight is 309 g/mol. The summed E-state index contributed by atoms with van der Waals surface area (Å²) in [6.07, 6.45) is 15.7. The van der Waals surface area contributed by atoms with Gasteiger partial charge in [-0.05, 0) is 6.42 Å². The first-order chi connectivity index (χ1) is 10.5. The summed E-state index contributed by atoms with van der Waals surface area (Å²) in [7, 11) is 1.94. The molecule has 1 aliphatic rings. The third kappa shape index (κ3) is 5.56. The van der Waals surface area contributed by atoms with Gasteiger partial charge in [0.15, 0.2) is 6.04 Å². The van der Waals surface area contributed by atoms with Gasteiger partial charge >= 0.3 is 5.97 Å². The molecule has 2 unspecified atom stereocenters. The summed E-state index contributed by atoms with van der Waals surface area (Å²) < 4.78 is 0.326. The van der Waals surface area contributed by atoms with E-state index in [-0.39, 0.29) is 0 Å². The smallest absolute Gasteiger partial charge is 0.363 e. The molecule has 0 fully saturated rings. The number of carboxylic acid groups (broad SMARTS) is 1. The second kappa shape index (κ2) is 9.78. The highest BCUT2D eigenvalue weighted by atomic mass is 16.4. The first-order valence-electron chi connectivity index (χ1n) is 8.83. The van der Waals surface area contributed by atoms with Crippen molar-refractivity contribution in [2.45, 2.75) is 84.1 Å². The average Bonchev–Trinajstić information content (AvgIpc) is 2.81. The normalized spacial score (nSPS) is 21.9. The maximum absolute atomic E-state index is 11.6. The van der Waals surface area contributed by atoms with E-state index in [0.717, 1.165) is 25.1 Å². The first kappa shape index (κ1) is 18.9. The molecule has 0 spiro atoms. The fourth-order valence-electron chi connectivity index (χ4n) is 3.11. The van der Waals surface area contributed by atoms with E-state index in [1.165, 1.54) is 44.9 Å². The van der Waals surface area contributed by atoms with Gasteiger partial charge in [0, 0.05) is 13.3 Å². The van der Waals surface area contributed by atoms with Gasteiger partial charge in [0.1, 0.15) is 6.20 Å². The Balaban J connectivity index is 2.22. The predicted molar refractivity (Wildman–Crippen MR) is 91.7 cm³/mol. The van der Waals surface area contributed by atoms with Gasteiger partial charge in [-0.15, -0.1) is 0 Å². The lowest BCUT2D eigenvalue weighted by atomic mass is 10.0. The number of quaternary nitrogens is 1. The second-order valence-corrected chi connectivity index (χ2v) is 6.59. The van der Waals surface area contributed by atoms with Crippen molar-refractivity contribution in [2.24, 2.45) is 4.99 Å². The molecule has 0 bridgehead atoms. The number of nitrogens with zero attached hydrogens (tertiary/aromatic N) is 2. The van der Waals surface area contributed by atoms with Crippen LogP contribution in [-0.2, 0) is 4.79 Å². The van der Waals surface area contributed by atoms with Crippen molar-refractivity contribution in [2.75, 3.05) is 7.05 Å². The van der Waals surface area contributed by atoms with Crippen molar-refractivity contribution < 1.29 is 14.4 Å². The number of likely N-dealkylation sites (N-methyl/N-ethyl adjacent to an activating group) is 1. The van der Waals surface area contributed by atoms with Crippen LogP contribution >= 0.6 is 0 Å². The van der Waals surface area contributed by atoms with E-state index >= 15 is 0 Å². The van der Waals surface area contributed by atoms with Gasteiger partial charge in [0.2, 0.25) is 5.84 Å². The summed E-state index contributed by atoms with van der Waals surface area (Å²) in [4.78, 5) is 15.8. The maximum atomic E-state index is 11.6. The summed E-state index contributed by atoms with van der Waals surface area (Å²) >= 11 is 0. The standard InChI is InChI=1S/C18H32N2O2/c1-4-5-6-7-8-9-10-11-12-13-17(18(21)22)20(3)15-14-19-16(20)2/h14-15,17H,4-13H2,1-3H3/p+1. The van der Waals surface area contributed by atoms with Gasteiger partial charge in [-0.25, -0.2) is 14.3 Å². The van der Waals surface area contributed by atoms with Crippen molar-refractivity contribution in [3.63, 3.8) is 0 Å². The molecule has 4 heteroatoms. The van der Waals surface area contributed by atoms with Gasteiger partial charge in [0.25, 0.3) is 0 Å². The number of hydrogen-bond donors (Lipinski definition) is 1. The topological polar surface area (TPSA) is 49.7 Å². The molecule has 4 nitrogen and oxygen atoms in total. The molecule has 0 aromatic heterocycles. The molecule has 0 aliphatic carbocycles. The highest BCUT2D eigenvalue weighted by Crippen LogP contribution is 2.23. The first-order valence-corrected chi connectivity index (χ1v) is 8.83. The Kier molecular flexibility index (Phi) is 8.39. The van der Waals surface area contributed by atoms with Crippen LogP contribution in [0, 0.1) is 0 Å². The number of hydrogen-bond acceptors (Lipinski definition) is 2. The zero-order valence-electron chi connectivity index (χ0n) is 14.6. The fourth-order valence-corrected chi connectivity index (χ4v) is 3.11. The Labute approximate surface area is 135 Å². The number of carbonyl (C=O) groups is 1. The molecule has 0 aromatic rings. The summed E-state index contributed by atoms with van der Waals surface area (Å²) in [6, 6.07) is -0.410. The number of amidine groups is 1. The molecule has 0 amide bonds. The number of aliphatic imine (C=N–C) groups is 1. The summed E-state index contributed by atoms with van der Waals surface area (Å²) in [6.45, 7) is 4.15. The quantitative estimate of drug-likeness (QED) is 0.419. The van der Waals surface area contributed by atoms with Crippen LogP contribution in [0.25, 0.3) is 0 Å². The summed E-state index contributed by atoms with van der Waals surface area (Å²) in [5.74, 6) is 0.145. The van der Waals surface area contributed by atoms with Crippen molar-refractivity contribution in [3.8, 4) is 0 Å². The fraction of sp³-hybridized carbons (Fsp3) is 0.778. The molecule has 22 heavy (non-hydrogen) atoms. The molecular weight excluding hydrogens is 276 g/mol. The molecular formula is C18H33N2O2+. The van der Waals surface area contributed by atoms with E-state index in [9.17, 15) is 9.90 Å². The van der Waals surface area contributed by atoms with Crippen LogP contribution < -0.4 is 0 Å². The van der Waals surface area contributed by atoms with E-state index in [1.54, 1.807) is 6.20 Å². The van der Waals surface area contributed by atoms with Gasteiger partial charge in [-0.1, -0.05) is 58.3 Å². The second-order valence-electron chi connectivity index (χ2n) is 6.59. The number of unbranched alkanes of at least 4 members (excludes halogenated alkanes) is 8. The molecule has 126 valence electrons. The minimum absolute atomic E-state index is 0.326. The van der Waals surface area contributed by atoms with E-state index in [2.05, 4.69) is 11.9 Å². The van der Waals surface area contributed by atoms with E-state index in [1.807, 2.05) is 20.2 Å². The predicted octanol–water partition coefficient (Wildman–Crippen LogP) is 4.71. The van der Waals surface area contributed by atoms with Gasteiger partial charge in [-0.3, -0.25) is 0 Å². The monoisotopic (exact) mass is 309 g/mol. The number of rotatable bonds is 12. The lowest BCUT2D eigenvalue weighted by Crippen LogP contribution is -2.53. The lowest BCUT2D eigenvalue weighted by molar-refractivity contribution is -0.784. The van der Waals surface area contributed by atoms with Crippen molar-refractivity contribution in [1.29, 1.82) is 0 Å². The SMILES string of the molecule is CCCCCCCCCCCC(C(=O)O)[N+]1(C)C=CN=C1C. The molecule has 1 N–H and O–H groups in total. The van der Waals surface area contributed by atoms with Gasteiger partial charge in [-0.2, -0.15) is 0 Å². The number of aliphatic carboxylic acids is 1. The Bertz CT molecular complexity index is 404. The van der Waals surface area contributed by atoms with Crippen LogP contribution in [-0.4, -0.2) is 34.5 Å². The molecule has 1 heterocycles. The highest BCUT2D eigenvalue weighted by molar-refractivity contribution is 5.80. The van der Waals surface area contributed by atoms with Crippen LogP contribution in [0.3, 0.4) is 0 Å². The maximum Gasteiger partial charge on any atom is 0.363 e. The molecule has 0 saturated carbocycles. The van der Waals surface area contributed by atoms with Crippen LogP contribution in [0.2, 0.25) is 0 Å². The molecule has 0 aromatic carbocycles. The van der Waals surface area contributed by atoms with Crippen LogP contribution in [0.15, 0.2) is 17.4 Å². The molecule has 2 atom stereocenters. The molecule has 0 saturated heterocycles. The third-order valence-corrected chi connectivity index (χ3v) is 4.85. The van der Waals surface area contributed by atoms with Crippen LogP contribution in [0.4, 0.5) is 0 Å². The molecule has 1 rings (SSSR count). The van der Waals surface area contributed by atoms with E-state index < -0.39 is 12.0 Å². The molecule has 0 radical (unpaired) electrons. The van der Waals surface area contributed by atoms with Crippen LogP contribution in [0.1, 0.15) is 78.1 Å². The van der Waals surface area contributed by atoms with Crippen molar-refractivity contribution >= 4 is 11.8 Å². The molecule has 1 aliphatic heterocycles. The number of carboxylic acids is 1.